The van der Waals surface area contributed by atoms with E-state index in [1.165, 1.54) is 36.4 Å². The summed E-state index contributed by atoms with van der Waals surface area (Å²) in [7, 11) is 0. The first-order chi connectivity index (χ1) is 16.7. The number of aliphatic hydroxyl groups excluding tert-OH is 4. The molecule has 3 rings (SSSR count). The number of carbonyl (C=O) groups is 1. The van der Waals surface area contributed by atoms with Crippen molar-refractivity contribution < 1.29 is 45.3 Å². The van der Waals surface area contributed by atoms with Crippen LogP contribution in [0, 0.1) is 6.92 Å². The van der Waals surface area contributed by atoms with E-state index in [4.69, 9.17) is 4.74 Å². The molecule has 9 heteroatoms. The number of aryl methyl sites for hydroxylation is 1. The molecule has 186 valence electrons. The van der Waals surface area contributed by atoms with Crippen LogP contribution in [0.5, 0.6) is 17.2 Å². The van der Waals surface area contributed by atoms with Crippen LogP contribution in [0.2, 0.25) is 0 Å². The number of aliphatic hydroxyl groups is 4. The number of hydrogen-bond acceptors (Lipinski definition) is 8. The number of carboxylic acids is 1. The molecule has 0 spiro atoms. The third-order valence-corrected chi connectivity index (χ3v) is 5.82. The molecule has 3 aromatic rings. The number of rotatable bonds is 10. The van der Waals surface area contributed by atoms with Crippen LogP contribution in [0.3, 0.4) is 0 Å². The van der Waals surface area contributed by atoms with E-state index in [2.05, 4.69) is 0 Å². The second kappa shape index (κ2) is 11.2. The van der Waals surface area contributed by atoms with Crippen LogP contribution < -0.4 is 4.74 Å². The van der Waals surface area contributed by atoms with Crippen molar-refractivity contribution in [2.24, 2.45) is 0 Å². The molecule has 3 aromatic carbocycles. The molecule has 35 heavy (non-hydrogen) atoms. The Bertz CT molecular complexity index is 1180. The molecule has 0 heterocycles. The van der Waals surface area contributed by atoms with Gasteiger partial charge in [-0.15, -0.1) is 0 Å². The van der Waals surface area contributed by atoms with E-state index in [0.29, 0.717) is 11.1 Å². The third kappa shape index (κ3) is 5.55. The van der Waals surface area contributed by atoms with Gasteiger partial charge in [-0.25, -0.2) is 4.79 Å². The summed E-state index contributed by atoms with van der Waals surface area (Å²) in [5.41, 5.74) is 2.02. The number of aromatic carboxylic acids is 1. The van der Waals surface area contributed by atoms with E-state index in [-0.39, 0.29) is 39.5 Å². The van der Waals surface area contributed by atoms with Crippen molar-refractivity contribution in [1.82, 2.24) is 0 Å². The van der Waals surface area contributed by atoms with Gasteiger partial charge in [0.15, 0.2) is 0 Å². The lowest BCUT2D eigenvalue weighted by atomic mass is 9.84. The lowest BCUT2D eigenvalue weighted by Gasteiger charge is -2.29. The molecule has 0 saturated heterocycles. The Balaban J connectivity index is 2.18. The number of phenols is 2. The molecule has 0 bridgehead atoms. The maximum atomic E-state index is 11.3. The number of ether oxygens (including phenoxy) is 1. The summed E-state index contributed by atoms with van der Waals surface area (Å²) >= 11 is 0. The van der Waals surface area contributed by atoms with E-state index in [1.807, 2.05) is 0 Å². The quantitative estimate of drug-likeness (QED) is 0.228. The molecule has 2 atom stereocenters. The molecule has 0 aliphatic carbocycles. The Morgan fingerprint density at radius 3 is 2.00 bits per heavy atom. The first kappa shape index (κ1) is 26.0. The van der Waals surface area contributed by atoms with Gasteiger partial charge in [-0.2, -0.15) is 0 Å². The van der Waals surface area contributed by atoms with Gasteiger partial charge < -0.3 is 40.5 Å². The summed E-state index contributed by atoms with van der Waals surface area (Å²) in [5.74, 6) is -2.23. The monoisotopic (exact) mass is 484 g/mol. The highest BCUT2D eigenvalue weighted by Gasteiger charge is 2.31. The molecular weight excluding hydrogens is 456 g/mol. The van der Waals surface area contributed by atoms with Crippen molar-refractivity contribution >= 4 is 5.97 Å². The lowest BCUT2D eigenvalue weighted by Crippen LogP contribution is -2.31. The Morgan fingerprint density at radius 1 is 0.857 bits per heavy atom. The minimum atomic E-state index is -1.18. The summed E-state index contributed by atoms with van der Waals surface area (Å²) < 4.78 is 6.05. The predicted molar refractivity (Wildman–Crippen MR) is 125 cm³/mol. The number of hydrogen-bond donors (Lipinski definition) is 7. The van der Waals surface area contributed by atoms with Crippen molar-refractivity contribution in [2.45, 2.75) is 38.8 Å². The van der Waals surface area contributed by atoms with E-state index < -0.39 is 44.4 Å². The number of carboxylic acid groups (broad SMARTS) is 1. The zero-order valence-corrected chi connectivity index (χ0v) is 19.0. The highest BCUT2D eigenvalue weighted by molar-refractivity contribution is 5.88. The van der Waals surface area contributed by atoms with Gasteiger partial charge in [0.2, 0.25) is 0 Å². The van der Waals surface area contributed by atoms with Crippen molar-refractivity contribution in [3.8, 4) is 17.2 Å². The summed E-state index contributed by atoms with van der Waals surface area (Å²) in [6.45, 7) is -0.306. The zero-order valence-electron chi connectivity index (χ0n) is 19.0. The SMILES string of the molecule is Cc1ccc(C(c2cc(CO)c(O)c(CO)c2)C(CO)Oc2ccc(C(=O)O)cc2CO)c(O)c1. The van der Waals surface area contributed by atoms with Crippen LogP contribution in [0.25, 0.3) is 0 Å². The van der Waals surface area contributed by atoms with Gasteiger partial charge in [0.1, 0.15) is 23.4 Å². The van der Waals surface area contributed by atoms with Crippen LogP contribution >= 0.6 is 0 Å². The standard InChI is InChI=1S/C26H28O9/c1-14-2-4-20(21(31)6-14)24(16-8-18(11-28)25(32)19(9-16)12-29)23(13-30)35-22-5-3-15(26(33)34)7-17(22)10-27/h2-9,23-24,27-32H,10-13H2,1H3,(H,33,34). The first-order valence-electron chi connectivity index (χ1n) is 10.8. The molecule has 0 saturated carbocycles. The molecule has 2 unspecified atom stereocenters. The van der Waals surface area contributed by atoms with Crippen LogP contribution in [0.4, 0.5) is 0 Å². The minimum absolute atomic E-state index is 0.0478. The zero-order chi connectivity index (χ0) is 25.7. The van der Waals surface area contributed by atoms with Gasteiger partial charge in [-0.3, -0.25) is 0 Å². The fourth-order valence-electron chi connectivity index (χ4n) is 4.04. The number of phenolic OH excluding ortho intramolecular Hbond substituents is 1. The smallest absolute Gasteiger partial charge is 0.335 e. The molecule has 0 radical (unpaired) electrons. The average Bonchev–Trinajstić information content (AvgIpc) is 2.85. The largest absolute Gasteiger partial charge is 0.508 e. The normalized spacial score (nSPS) is 12.8. The maximum Gasteiger partial charge on any atom is 0.335 e. The second-order valence-electron chi connectivity index (χ2n) is 8.17. The highest BCUT2D eigenvalue weighted by Crippen LogP contribution is 2.39. The summed E-state index contributed by atoms with van der Waals surface area (Å²) in [6, 6.07) is 11.9. The van der Waals surface area contributed by atoms with E-state index in [1.54, 1.807) is 19.1 Å². The molecule has 0 aliphatic heterocycles. The van der Waals surface area contributed by atoms with Crippen molar-refractivity contribution in [3.05, 3.63) is 87.5 Å². The first-order valence-corrected chi connectivity index (χ1v) is 10.8. The molecule has 0 fully saturated rings. The van der Waals surface area contributed by atoms with Gasteiger partial charge in [0.25, 0.3) is 0 Å². The Hall–Kier alpha value is -3.63. The summed E-state index contributed by atoms with van der Waals surface area (Å²) in [6.07, 6.45) is -1.05. The number of benzene rings is 3. The highest BCUT2D eigenvalue weighted by atomic mass is 16.5. The molecular formula is C26H28O9. The maximum absolute atomic E-state index is 11.3. The number of aromatic hydroxyl groups is 2. The molecule has 0 aliphatic rings. The van der Waals surface area contributed by atoms with Crippen LogP contribution in [-0.4, -0.2) is 54.4 Å². The van der Waals surface area contributed by atoms with E-state index in [0.717, 1.165) is 5.56 Å². The van der Waals surface area contributed by atoms with Gasteiger partial charge in [-0.1, -0.05) is 12.1 Å². The average molecular weight is 485 g/mol. The third-order valence-electron chi connectivity index (χ3n) is 5.82. The predicted octanol–water partition coefficient (Wildman–Crippen LogP) is 2.15. The van der Waals surface area contributed by atoms with Crippen LogP contribution in [0.1, 0.15) is 49.7 Å². The Labute approximate surface area is 201 Å². The molecule has 0 amide bonds. The Morgan fingerprint density at radius 2 is 1.49 bits per heavy atom. The fraction of sp³-hybridized carbons (Fsp3) is 0.269. The fourth-order valence-corrected chi connectivity index (χ4v) is 4.04. The van der Waals surface area contributed by atoms with E-state index in [9.17, 15) is 40.5 Å². The van der Waals surface area contributed by atoms with Gasteiger partial charge in [0.05, 0.1) is 37.9 Å². The van der Waals surface area contributed by atoms with Crippen molar-refractivity contribution in [2.75, 3.05) is 6.61 Å². The van der Waals surface area contributed by atoms with Crippen molar-refractivity contribution in [3.63, 3.8) is 0 Å². The lowest BCUT2D eigenvalue weighted by molar-refractivity contribution is 0.0696. The Kier molecular flexibility index (Phi) is 8.31. The van der Waals surface area contributed by atoms with Gasteiger partial charge in [-0.05, 0) is 54.4 Å². The topological polar surface area (TPSA) is 168 Å². The van der Waals surface area contributed by atoms with E-state index >= 15 is 0 Å². The molecule has 7 N–H and O–H groups in total. The van der Waals surface area contributed by atoms with Gasteiger partial charge in [0, 0.05) is 22.3 Å². The summed E-state index contributed by atoms with van der Waals surface area (Å²) in [4.78, 5) is 11.3. The molecule has 0 aromatic heterocycles. The van der Waals surface area contributed by atoms with Gasteiger partial charge >= 0.3 is 5.97 Å². The van der Waals surface area contributed by atoms with Crippen molar-refractivity contribution in [1.29, 1.82) is 0 Å². The minimum Gasteiger partial charge on any atom is -0.508 e. The molecule has 9 nitrogen and oxygen atoms in total. The van der Waals surface area contributed by atoms with Crippen LogP contribution in [0.15, 0.2) is 48.5 Å². The van der Waals surface area contributed by atoms with Crippen LogP contribution in [-0.2, 0) is 19.8 Å². The summed E-state index contributed by atoms with van der Waals surface area (Å²) in [5, 5.41) is 69.8. The second-order valence-corrected chi connectivity index (χ2v) is 8.17.